The molecule has 4 heterocycles. The molecule has 118 valence electrons. The molecule has 0 radical (unpaired) electrons. The fourth-order valence-corrected chi connectivity index (χ4v) is 2.92. The minimum Gasteiger partial charge on any atom is -0.364 e. The van der Waals surface area contributed by atoms with Crippen molar-refractivity contribution in [3.05, 3.63) is 36.5 Å². The predicted octanol–water partition coefficient (Wildman–Crippen LogP) is 2.35. The predicted molar refractivity (Wildman–Crippen MR) is 89.3 cm³/mol. The number of pyridine rings is 1. The number of hydrogen-bond acceptors (Lipinski definition) is 6. The van der Waals surface area contributed by atoms with E-state index in [9.17, 15) is 0 Å². The van der Waals surface area contributed by atoms with Crippen LogP contribution in [0.25, 0.3) is 11.2 Å². The van der Waals surface area contributed by atoms with E-state index in [1.807, 2.05) is 6.20 Å². The maximum Gasteiger partial charge on any atom is 0.182 e. The van der Waals surface area contributed by atoms with Crippen LogP contribution in [0, 0.1) is 0 Å². The first kappa shape index (κ1) is 13.9. The van der Waals surface area contributed by atoms with Gasteiger partial charge in [0.1, 0.15) is 17.7 Å². The average Bonchev–Trinajstić information content (AvgIpc) is 3.10. The molecular formula is C16H19N7. The Kier molecular flexibility index (Phi) is 3.75. The van der Waals surface area contributed by atoms with E-state index >= 15 is 0 Å². The van der Waals surface area contributed by atoms with E-state index in [0.29, 0.717) is 12.2 Å². The minimum atomic E-state index is 0.665. The molecule has 0 aliphatic carbocycles. The molecule has 0 atom stereocenters. The zero-order valence-corrected chi connectivity index (χ0v) is 12.9. The molecule has 0 saturated carbocycles. The van der Waals surface area contributed by atoms with E-state index in [-0.39, 0.29) is 0 Å². The van der Waals surface area contributed by atoms with E-state index in [0.717, 1.165) is 35.8 Å². The number of imidazole rings is 1. The second kappa shape index (κ2) is 6.20. The van der Waals surface area contributed by atoms with Gasteiger partial charge in [-0.25, -0.2) is 19.9 Å². The summed E-state index contributed by atoms with van der Waals surface area (Å²) in [6.07, 6.45) is 8.93. The summed E-state index contributed by atoms with van der Waals surface area (Å²) < 4.78 is 0. The first-order valence-electron chi connectivity index (χ1n) is 7.98. The molecule has 3 aromatic rings. The molecule has 1 fully saturated rings. The summed E-state index contributed by atoms with van der Waals surface area (Å²) in [6, 6.07) is 4.23. The summed E-state index contributed by atoms with van der Waals surface area (Å²) in [6.45, 7) is 2.89. The van der Waals surface area contributed by atoms with Gasteiger partial charge in [0.15, 0.2) is 11.5 Å². The third-order valence-electron chi connectivity index (χ3n) is 4.17. The number of aromatic amines is 1. The third kappa shape index (κ3) is 2.94. The number of piperidine rings is 1. The zero-order valence-electron chi connectivity index (χ0n) is 12.9. The Labute approximate surface area is 134 Å². The van der Waals surface area contributed by atoms with E-state index in [2.05, 4.69) is 47.3 Å². The van der Waals surface area contributed by atoms with Crippen molar-refractivity contribution in [2.75, 3.05) is 23.3 Å². The first-order chi connectivity index (χ1) is 11.4. The molecule has 1 saturated heterocycles. The standard InChI is InChI=1S/C16H19N7/c1-2-6-23(7-3-1)13-5-4-12(8-17-13)9-18-15-14-16(20-10-19-14)22-11-21-15/h4-5,8,10-11H,1-3,6-7,9H2,(H2,18,19,20,21,22). The van der Waals surface area contributed by atoms with Crippen molar-refractivity contribution in [2.45, 2.75) is 25.8 Å². The summed E-state index contributed by atoms with van der Waals surface area (Å²) >= 11 is 0. The van der Waals surface area contributed by atoms with Crippen molar-refractivity contribution in [3.8, 4) is 0 Å². The highest BCUT2D eigenvalue weighted by Gasteiger charge is 2.11. The van der Waals surface area contributed by atoms with Gasteiger partial charge in [-0.1, -0.05) is 6.07 Å². The number of aromatic nitrogens is 5. The van der Waals surface area contributed by atoms with Crippen LogP contribution >= 0.6 is 0 Å². The van der Waals surface area contributed by atoms with Crippen molar-refractivity contribution in [3.63, 3.8) is 0 Å². The minimum absolute atomic E-state index is 0.665. The van der Waals surface area contributed by atoms with Crippen LogP contribution in [0.15, 0.2) is 31.0 Å². The van der Waals surface area contributed by atoms with Crippen LogP contribution in [0.1, 0.15) is 24.8 Å². The van der Waals surface area contributed by atoms with Gasteiger partial charge in [0, 0.05) is 25.8 Å². The zero-order chi connectivity index (χ0) is 15.5. The third-order valence-corrected chi connectivity index (χ3v) is 4.17. The maximum absolute atomic E-state index is 4.60. The molecule has 1 aliphatic heterocycles. The molecule has 0 amide bonds. The van der Waals surface area contributed by atoms with Crippen LogP contribution < -0.4 is 10.2 Å². The summed E-state index contributed by atoms with van der Waals surface area (Å²) in [5.41, 5.74) is 2.61. The summed E-state index contributed by atoms with van der Waals surface area (Å²) in [4.78, 5) is 22.5. The van der Waals surface area contributed by atoms with E-state index in [1.54, 1.807) is 6.33 Å². The van der Waals surface area contributed by atoms with Crippen molar-refractivity contribution >= 4 is 22.8 Å². The number of fused-ring (bicyclic) bond motifs is 1. The van der Waals surface area contributed by atoms with Crippen molar-refractivity contribution in [1.29, 1.82) is 0 Å². The summed E-state index contributed by atoms with van der Waals surface area (Å²) in [5.74, 6) is 1.83. The lowest BCUT2D eigenvalue weighted by atomic mass is 10.1. The van der Waals surface area contributed by atoms with Crippen molar-refractivity contribution in [1.82, 2.24) is 24.9 Å². The first-order valence-corrected chi connectivity index (χ1v) is 7.98. The Morgan fingerprint density at radius 2 is 1.96 bits per heavy atom. The summed E-state index contributed by atoms with van der Waals surface area (Å²) in [7, 11) is 0. The second-order valence-corrected chi connectivity index (χ2v) is 5.75. The molecule has 7 nitrogen and oxygen atoms in total. The number of H-pyrrole nitrogens is 1. The van der Waals surface area contributed by atoms with Gasteiger partial charge in [-0.2, -0.15) is 0 Å². The molecule has 0 aromatic carbocycles. The van der Waals surface area contributed by atoms with Gasteiger partial charge in [-0.05, 0) is 30.9 Å². The quantitative estimate of drug-likeness (QED) is 0.770. The lowest BCUT2D eigenvalue weighted by molar-refractivity contribution is 0.573. The van der Waals surface area contributed by atoms with Crippen LogP contribution in [-0.2, 0) is 6.54 Å². The number of hydrogen-bond donors (Lipinski definition) is 2. The van der Waals surface area contributed by atoms with Gasteiger partial charge < -0.3 is 15.2 Å². The molecule has 4 rings (SSSR count). The largest absolute Gasteiger partial charge is 0.364 e. The van der Waals surface area contributed by atoms with Crippen LogP contribution in [0.2, 0.25) is 0 Å². The molecule has 3 aromatic heterocycles. The highest BCUT2D eigenvalue weighted by molar-refractivity contribution is 5.81. The Bertz CT molecular complexity index is 774. The van der Waals surface area contributed by atoms with Crippen LogP contribution in [-0.4, -0.2) is 38.0 Å². The Balaban J connectivity index is 1.44. The van der Waals surface area contributed by atoms with Crippen molar-refractivity contribution < 1.29 is 0 Å². The Hall–Kier alpha value is -2.70. The Morgan fingerprint density at radius 3 is 2.78 bits per heavy atom. The van der Waals surface area contributed by atoms with Gasteiger partial charge in [-0.15, -0.1) is 0 Å². The molecule has 0 spiro atoms. The highest BCUT2D eigenvalue weighted by atomic mass is 15.2. The van der Waals surface area contributed by atoms with Crippen LogP contribution in [0.5, 0.6) is 0 Å². The number of anilines is 2. The average molecular weight is 309 g/mol. The smallest absolute Gasteiger partial charge is 0.182 e. The van der Waals surface area contributed by atoms with E-state index in [1.165, 1.54) is 25.6 Å². The molecule has 23 heavy (non-hydrogen) atoms. The molecule has 0 unspecified atom stereocenters. The normalized spacial score (nSPS) is 15.0. The number of nitrogens with one attached hydrogen (secondary N) is 2. The molecule has 7 heteroatoms. The molecule has 1 aliphatic rings. The van der Waals surface area contributed by atoms with Crippen molar-refractivity contribution in [2.24, 2.45) is 0 Å². The maximum atomic E-state index is 4.60. The van der Waals surface area contributed by atoms with Gasteiger partial charge >= 0.3 is 0 Å². The van der Waals surface area contributed by atoms with Gasteiger partial charge in [-0.3, -0.25) is 0 Å². The Morgan fingerprint density at radius 1 is 1.04 bits per heavy atom. The van der Waals surface area contributed by atoms with Gasteiger partial charge in [0.05, 0.1) is 6.33 Å². The van der Waals surface area contributed by atoms with E-state index < -0.39 is 0 Å². The van der Waals surface area contributed by atoms with Gasteiger partial charge in [0.25, 0.3) is 0 Å². The lowest BCUT2D eigenvalue weighted by Gasteiger charge is -2.27. The van der Waals surface area contributed by atoms with E-state index in [4.69, 9.17) is 0 Å². The molecule has 0 bridgehead atoms. The SMILES string of the molecule is c1nc(NCc2ccc(N3CCCCC3)nc2)c2[nH]cnc2n1. The highest BCUT2D eigenvalue weighted by Crippen LogP contribution is 2.19. The number of rotatable bonds is 4. The summed E-state index contributed by atoms with van der Waals surface area (Å²) in [5, 5.41) is 3.31. The fourth-order valence-electron chi connectivity index (χ4n) is 2.92. The van der Waals surface area contributed by atoms with Gasteiger partial charge in [0.2, 0.25) is 0 Å². The second-order valence-electron chi connectivity index (χ2n) is 5.75. The monoisotopic (exact) mass is 309 g/mol. The molecule has 2 N–H and O–H groups in total. The molecular weight excluding hydrogens is 290 g/mol. The van der Waals surface area contributed by atoms with Crippen LogP contribution in [0.3, 0.4) is 0 Å². The fraction of sp³-hybridized carbons (Fsp3) is 0.375. The topological polar surface area (TPSA) is 82.6 Å². The van der Waals surface area contributed by atoms with Crippen LogP contribution in [0.4, 0.5) is 11.6 Å². The number of nitrogens with zero attached hydrogens (tertiary/aromatic N) is 5. The lowest BCUT2D eigenvalue weighted by Crippen LogP contribution is -2.30.